The second-order valence-corrected chi connectivity index (χ2v) is 5.42. The highest BCUT2D eigenvalue weighted by atomic mass is 79.9. The van der Waals surface area contributed by atoms with Gasteiger partial charge in [-0.2, -0.15) is 0 Å². The van der Waals surface area contributed by atoms with Crippen molar-refractivity contribution in [2.24, 2.45) is 0 Å². The highest BCUT2D eigenvalue weighted by molar-refractivity contribution is 9.10. The highest BCUT2D eigenvalue weighted by Crippen LogP contribution is 2.29. The Morgan fingerprint density at radius 1 is 1.45 bits per heavy atom. The fraction of sp³-hybridized carbons (Fsp3) is 0.400. The molecule has 108 valence electrons. The smallest absolute Gasteiger partial charge is 0.119 e. The monoisotopic (exact) mass is 337 g/mol. The molecule has 1 heterocycles. The van der Waals surface area contributed by atoms with Crippen LogP contribution in [-0.4, -0.2) is 23.7 Å². The van der Waals surface area contributed by atoms with E-state index in [0.29, 0.717) is 0 Å². The molecule has 2 rings (SSSR count). The summed E-state index contributed by atoms with van der Waals surface area (Å²) in [4.78, 5) is 4.45. The topological polar surface area (TPSA) is 39.1 Å². The first-order chi connectivity index (χ1) is 9.69. The second-order valence-electron chi connectivity index (χ2n) is 4.56. The zero-order valence-electron chi connectivity index (χ0n) is 12.1. The molecule has 0 saturated carbocycles. The van der Waals surface area contributed by atoms with Gasteiger partial charge in [-0.25, -0.2) is 4.98 Å². The Labute approximate surface area is 128 Å². The van der Waals surface area contributed by atoms with Crippen molar-refractivity contribution in [3.05, 3.63) is 46.5 Å². The molecule has 0 spiro atoms. The van der Waals surface area contributed by atoms with Crippen LogP contribution in [0.4, 0.5) is 0 Å². The Kier molecular flexibility index (Phi) is 5.20. The number of benzene rings is 1. The summed E-state index contributed by atoms with van der Waals surface area (Å²) < 4.78 is 8.56. The zero-order valence-corrected chi connectivity index (χ0v) is 13.6. The van der Waals surface area contributed by atoms with E-state index in [-0.39, 0.29) is 6.04 Å². The molecule has 1 aromatic heterocycles. The third kappa shape index (κ3) is 3.22. The van der Waals surface area contributed by atoms with Gasteiger partial charge in [-0.3, -0.25) is 0 Å². The summed E-state index contributed by atoms with van der Waals surface area (Å²) in [6, 6.07) is 6.22. The summed E-state index contributed by atoms with van der Waals surface area (Å²) in [5.41, 5.74) is 1.18. The van der Waals surface area contributed by atoms with Crippen LogP contribution < -0.4 is 10.1 Å². The fourth-order valence-electron chi connectivity index (χ4n) is 2.28. The molecule has 0 aliphatic rings. The lowest BCUT2D eigenvalue weighted by molar-refractivity contribution is 0.413. The van der Waals surface area contributed by atoms with Gasteiger partial charge < -0.3 is 14.6 Å². The number of nitrogens with one attached hydrogen (secondary N) is 1. The van der Waals surface area contributed by atoms with Crippen LogP contribution in [0.3, 0.4) is 0 Å². The maximum absolute atomic E-state index is 5.32. The number of nitrogens with zero attached hydrogens (tertiary/aromatic N) is 2. The number of imidazole rings is 1. The summed E-state index contributed by atoms with van der Waals surface area (Å²) >= 11 is 3.62. The molecule has 20 heavy (non-hydrogen) atoms. The molecule has 0 amide bonds. The van der Waals surface area contributed by atoms with Crippen LogP contribution in [0.5, 0.6) is 5.75 Å². The van der Waals surface area contributed by atoms with Crippen molar-refractivity contribution in [2.45, 2.75) is 25.9 Å². The van der Waals surface area contributed by atoms with Crippen LogP contribution in [0.15, 0.2) is 35.1 Å². The normalized spacial score (nSPS) is 12.4. The van der Waals surface area contributed by atoms with Gasteiger partial charge >= 0.3 is 0 Å². The predicted octanol–water partition coefficient (Wildman–Crippen LogP) is 3.18. The van der Waals surface area contributed by atoms with Gasteiger partial charge in [0.05, 0.1) is 7.11 Å². The molecule has 1 unspecified atom stereocenters. The molecule has 0 radical (unpaired) electrons. The summed E-state index contributed by atoms with van der Waals surface area (Å²) in [5.74, 6) is 1.95. The SMILES string of the molecule is CCn1ccnc1CC(NC)c1cc(OC)ccc1Br. The van der Waals surface area contributed by atoms with E-state index in [0.717, 1.165) is 29.0 Å². The lowest BCUT2D eigenvalue weighted by Gasteiger charge is -2.19. The fourth-order valence-corrected chi connectivity index (χ4v) is 2.81. The van der Waals surface area contributed by atoms with E-state index in [1.54, 1.807) is 7.11 Å². The molecule has 4 nitrogen and oxygen atoms in total. The lowest BCUT2D eigenvalue weighted by atomic mass is 10.0. The van der Waals surface area contributed by atoms with Crippen LogP contribution in [0.2, 0.25) is 0 Å². The minimum atomic E-state index is 0.187. The maximum Gasteiger partial charge on any atom is 0.119 e. The number of aryl methyl sites for hydroxylation is 1. The molecule has 0 aliphatic heterocycles. The van der Waals surface area contributed by atoms with E-state index in [1.807, 2.05) is 31.6 Å². The van der Waals surface area contributed by atoms with Gasteiger partial charge in [-0.1, -0.05) is 15.9 Å². The van der Waals surface area contributed by atoms with E-state index in [4.69, 9.17) is 4.74 Å². The summed E-state index contributed by atoms with van der Waals surface area (Å²) in [6.45, 7) is 3.06. The van der Waals surface area contributed by atoms with Crippen molar-refractivity contribution in [1.29, 1.82) is 0 Å². The van der Waals surface area contributed by atoms with Crippen LogP contribution >= 0.6 is 15.9 Å². The first kappa shape index (κ1) is 15.1. The summed E-state index contributed by atoms with van der Waals surface area (Å²) in [7, 11) is 3.65. The number of ether oxygens (including phenoxy) is 1. The van der Waals surface area contributed by atoms with Gasteiger partial charge in [-0.05, 0) is 37.7 Å². The highest BCUT2D eigenvalue weighted by Gasteiger charge is 2.16. The summed E-state index contributed by atoms with van der Waals surface area (Å²) in [5, 5.41) is 3.36. The predicted molar refractivity (Wildman–Crippen MR) is 84.1 cm³/mol. The molecule has 1 atom stereocenters. The van der Waals surface area contributed by atoms with Gasteiger partial charge in [0, 0.05) is 35.9 Å². The van der Waals surface area contributed by atoms with Gasteiger partial charge in [0.15, 0.2) is 0 Å². The van der Waals surface area contributed by atoms with Crippen molar-refractivity contribution >= 4 is 15.9 Å². The molecule has 0 fully saturated rings. The van der Waals surface area contributed by atoms with Crippen LogP contribution in [0.1, 0.15) is 24.4 Å². The Balaban J connectivity index is 2.28. The van der Waals surface area contributed by atoms with Crippen LogP contribution in [0, 0.1) is 0 Å². The Bertz CT molecular complexity index is 568. The summed E-state index contributed by atoms with van der Waals surface area (Å²) in [6.07, 6.45) is 4.71. The van der Waals surface area contributed by atoms with Crippen molar-refractivity contribution in [1.82, 2.24) is 14.9 Å². The van der Waals surface area contributed by atoms with Crippen LogP contribution in [0.25, 0.3) is 0 Å². The molecular formula is C15H20BrN3O. The van der Waals surface area contributed by atoms with E-state index < -0.39 is 0 Å². The Morgan fingerprint density at radius 3 is 2.90 bits per heavy atom. The van der Waals surface area contributed by atoms with Crippen molar-refractivity contribution < 1.29 is 4.74 Å². The quantitative estimate of drug-likeness (QED) is 0.879. The molecule has 1 aromatic carbocycles. The second kappa shape index (κ2) is 6.90. The van der Waals surface area contributed by atoms with Crippen molar-refractivity contribution in [2.75, 3.05) is 14.2 Å². The lowest BCUT2D eigenvalue weighted by Crippen LogP contribution is -2.21. The maximum atomic E-state index is 5.32. The standard InChI is InChI=1S/C15H20BrN3O/c1-4-19-8-7-18-15(19)10-14(17-2)12-9-11(20-3)5-6-13(12)16/h5-9,14,17H,4,10H2,1-3H3. The van der Waals surface area contributed by atoms with E-state index >= 15 is 0 Å². The minimum absolute atomic E-state index is 0.187. The average molecular weight is 338 g/mol. The van der Waals surface area contributed by atoms with Gasteiger partial charge in [-0.15, -0.1) is 0 Å². The van der Waals surface area contributed by atoms with Gasteiger partial charge in [0.2, 0.25) is 0 Å². The largest absolute Gasteiger partial charge is 0.497 e. The molecular weight excluding hydrogens is 318 g/mol. The third-order valence-corrected chi connectivity index (χ3v) is 4.18. The van der Waals surface area contributed by atoms with Crippen LogP contribution in [-0.2, 0) is 13.0 Å². The third-order valence-electron chi connectivity index (χ3n) is 3.46. The average Bonchev–Trinajstić information content (AvgIpc) is 2.92. The number of likely N-dealkylation sites (N-methyl/N-ethyl adjacent to an activating group) is 1. The van der Waals surface area contributed by atoms with E-state index in [1.165, 1.54) is 5.56 Å². The van der Waals surface area contributed by atoms with Crippen molar-refractivity contribution in [3.8, 4) is 5.75 Å². The first-order valence-electron chi connectivity index (χ1n) is 6.70. The Morgan fingerprint density at radius 2 is 2.25 bits per heavy atom. The van der Waals surface area contributed by atoms with Gasteiger partial charge in [0.25, 0.3) is 0 Å². The molecule has 1 N–H and O–H groups in total. The molecule has 5 heteroatoms. The molecule has 2 aromatic rings. The minimum Gasteiger partial charge on any atom is -0.497 e. The number of hydrogen-bond acceptors (Lipinski definition) is 3. The molecule has 0 aliphatic carbocycles. The zero-order chi connectivity index (χ0) is 14.5. The molecule has 0 saturated heterocycles. The number of rotatable bonds is 6. The number of aromatic nitrogens is 2. The number of halogens is 1. The van der Waals surface area contributed by atoms with E-state index in [9.17, 15) is 0 Å². The van der Waals surface area contributed by atoms with Gasteiger partial charge in [0.1, 0.15) is 11.6 Å². The number of hydrogen-bond donors (Lipinski definition) is 1. The van der Waals surface area contributed by atoms with E-state index in [2.05, 4.69) is 43.8 Å². The number of methoxy groups -OCH3 is 1. The Hall–Kier alpha value is -1.33. The first-order valence-corrected chi connectivity index (χ1v) is 7.49. The molecule has 0 bridgehead atoms. The van der Waals surface area contributed by atoms with Crippen molar-refractivity contribution in [3.63, 3.8) is 0 Å².